The van der Waals surface area contributed by atoms with Gasteiger partial charge in [-0.3, -0.25) is 4.79 Å². The molecule has 0 saturated heterocycles. The number of ether oxygens (including phenoxy) is 1. The molecule has 0 saturated carbocycles. The third-order valence-electron chi connectivity index (χ3n) is 2.77. The lowest BCUT2D eigenvalue weighted by Gasteiger charge is -2.15. The zero-order valence-corrected chi connectivity index (χ0v) is 10.3. The highest BCUT2D eigenvalue weighted by Crippen LogP contribution is 2.17. The van der Waals surface area contributed by atoms with Crippen LogP contribution >= 0.6 is 0 Å². The van der Waals surface area contributed by atoms with Crippen molar-refractivity contribution in [2.24, 2.45) is 11.8 Å². The Morgan fingerprint density at radius 1 is 1.19 bits per heavy atom. The topological polar surface area (TPSA) is 38.3 Å². The average molecular weight is 221 g/mol. The Balaban J connectivity index is 2.62. The minimum Gasteiger partial charge on any atom is -0.497 e. The van der Waals surface area contributed by atoms with Gasteiger partial charge >= 0.3 is 0 Å². The minimum atomic E-state index is 0.0158. The first-order valence-corrected chi connectivity index (χ1v) is 5.49. The number of nitrogens with one attached hydrogen (secondary N) is 1. The molecular formula is C13H19NO2. The highest BCUT2D eigenvalue weighted by Gasteiger charge is 2.16. The summed E-state index contributed by atoms with van der Waals surface area (Å²) in [5.41, 5.74) is 0.804. The zero-order valence-electron chi connectivity index (χ0n) is 10.3. The molecule has 0 aromatic heterocycles. The Kier molecular flexibility index (Phi) is 4.35. The van der Waals surface area contributed by atoms with Gasteiger partial charge in [0.2, 0.25) is 5.91 Å². The maximum absolute atomic E-state index is 11.8. The molecule has 0 aliphatic carbocycles. The molecule has 1 aromatic carbocycles. The van der Waals surface area contributed by atoms with Crippen LogP contribution in [-0.4, -0.2) is 13.0 Å². The molecule has 1 rings (SSSR count). The summed E-state index contributed by atoms with van der Waals surface area (Å²) in [4.78, 5) is 11.8. The quantitative estimate of drug-likeness (QED) is 0.849. The summed E-state index contributed by atoms with van der Waals surface area (Å²) in [5, 5.41) is 2.88. The Bertz CT molecular complexity index is 343. The highest BCUT2D eigenvalue weighted by molar-refractivity contribution is 5.92. The van der Waals surface area contributed by atoms with Gasteiger partial charge in [-0.05, 0) is 30.2 Å². The zero-order chi connectivity index (χ0) is 12.1. The molecule has 3 nitrogen and oxygen atoms in total. The summed E-state index contributed by atoms with van der Waals surface area (Å²) in [6.45, 7) is 6.01. The molecule has 0 radical (unpaired) electrons. The van der Waals surface area contributed by atoms with Crippen molar-refractivity contribution in [1.29, 1.82) is 0 Å². The summed E-state index contributed by atoms with van der Waals surface area (Å²) < 4.78 is 5.05. The molecule has 0 aliphatic rings. The van der Waals surface area contributed by atoms with Crippen molar-refractivity contribution in [3.05, 3.63) is 24.3 Å². The van der Waals surface area contributed by atoms with Crippen LogP contribution in [0.5, 0.6) is 5.75 Å². The number of amides is 1. The normalized spacial score (nSPS) is 12.3. The summed E-state index contributed by atoms with van der Waals surface area (Å²) in [6, 6.07) is 7.33. The van der Waals surface area contributed by atoms with Gasteiger partial charge < -0.3 is 10.1 Å². The fourth-order valence-electron chi connectivity index (χ4n) is 1.23. The second kappa shape index (κ2) is 5.54. The van der Waals surface area contributed by atoms with E-state index in [4.69, 9.17) is 4.74 Å². The predicted molar refractivity (Wildman–Crippen MR) is 65.6 cm³/mol. The standard InChI is InChI=1S/C13H19NO2/c1-9(2)10(3)13(15)14-11-5-7-12(16-4)8-6-11/h5-10H,1-4H3,(H,14,15). The molecular weight excluding hydrogens is 202 g/mol. The largest absolute Gasteiger partial charge is 0.497 e. The van der Waals surface area contributed by atoms with Crippen LogP contribution in [0, 0.1) is 11.8 Å². The van der Waals surface area contributed by atoms with Crippen LogP contribution in [-0.2, 0) is 4.79 Å². The summed E-state index contributed by atoms with van der Waals surface area (Å²) >= 11 is 0. The van der Waals surface area contributed by atoms with Crippen molar-refractivity contribution in [3.63, 3.8) is 0 Å². The lowest BCUT2D eigenvalue weighted by molar-refractivity contribution is -0.120. The maximum atomic E-state index is 11.8. The molecule has 0 bridgehead atoms. The van der Waals surface area contributed by atoms with Crippen LogP contribution in [0.4, 0.5) is 5.69 Å². The first-order valence-electron chi connectivity index (χ1n) is 5.49. The molecule has 0 spiro atoms. The maximum Gasteiger partial charge on any atom is 0.227 e. The second-order valence-corrected chi connectivity index (χ2v) is 4.25. The molecule has 1 unspecified atom stereocenters. The Morgan fingerprint density at radius 3 is 2.19 bits per heavy atom. The van der Waals surface area contributed by atoms with E-state index in [1.54, 1.807) is 7.11 Å². The Morgan fingerprint density at radius 2 is 1.75 bits per heavy atom. The number of benzene rings is 1. The smallest absolute Gasteiger partial charge is 0.227 e. The van der Waals surface area contributed by atoms with Gasteiger partial charge in [0, 0.05) is 11.6 Å². The third-order valence-corrected chi connectivity index (χ3v) is 2.77. The monoisotopic (exact) mass is 221 g/mol. The van der Waals surface area contributed by atoms with Crippen LogP contribution in [0.3, 0.4) is 0 Å². The Hall–Kier alpha value is -1.51. The molecule has 1 atom stereocenters. The molecule has 0 fully saturated rings. The second-order valence-electron chi connectivity index (χ2n) is 4.25. The number of hydrogen-bond acceptors (Lipinski definition) is 2. The van der Waals surface area contributed by atoms with E-state index in [1.165, 1.54) is 0 Å². The molecule has 1 aromatic rings. The SMILES string of the molecule is COc1ccc(NC(=O)C(C)C(C)C)cc1. The van der Waals surface area contributed by atoms with Gasteiger partial charge in [0.05, 0.1) is 7.11 Å². The average Bonchev–Trinajstić information content (AvgIpc) is 2.28. The molecule has 0 aliphatic heterocycles. The fourth-order valence-corrected chi connectivity index (χ4v) is 1.23. The van der Waals surface area contributed by atoms with Crippen molar-refractivity contribution in [2.75, 3.05) is 12.4 Å². The molecule has 1 N–H and O–H groups in total. The first-order chi connectivity index (χ1) is 7.54. The number of methoxy groups -OCH3 is 1. The molecule has 88 valence electrons. The predicted octanol–water partition coefficient (Wildman–Crippen LogP) is 2.93. The number of carbonyl (C=O) groups excluding carboxylic acids is 1. The van der Waals surface area contributed by atoms with Gasteiger partial charge in [0.15, 0.2) is 0 Å². The van der Waals surface area contributed by atoms with Crippen LogP contribution in [0.15, 0.2) is 24.3 Å². The summed E-state index contributed by atoms with van der Waals surface area (Å²) in [7, 11) is 1.62. The first kappa shape index (κ1) is 12.6. The highest BCUT2D eigenvalue weighted by atomic mass is 16.5. The van der Waals surface area contributed by atoms with E-state index in [2.05, 4.69) is 5.32 Å². The van der Waals surface area contributed by atoms with Gasteiger partial charge in [-0.15, -0.1) is 0 Å². The minimum absolute atomic E-state index is 0.0158. The number of rotatable bonds is 4. The van der Waals surface area contributed by atoms with Crippen LogP contribution in [0.1, 0.15) is 20.8 Å². The lowest BCUT2D eigenvalue weighted by atomic mass is 9.97. The summed E-state index contributed by atoms with van der Waals surface area (Å²) in [6.07, 6.45) is 0. The number of carbonyl (C=O) groups is 1. The van der Waals surface area contributed by atoms with Crippen LogP contribution < -0.4 is 10.1 Å². The molecule has 16 heavy (non-hydrogen) atoms. The van der Waals surface area contributed by atoms with Gasteiger partial charge in [-0.25, -0.2) is 0 Å². The molecule has 0 heterocycles. The van der Waals surface area contributed by atoms with E-state index < -0.39 is 0 Å². The Labute approximate surface area is 96.8 Å². The van der Waals surface area contributed by atoms with Gasteiger partial charge in [-0.2, -0.15) is 0 Å². The fraction of sp³-hybridized carbons (Fsp3) is 0.462. The molecule has 3 heteroatoms. The van der Waals surface area contributed by atoms with Crippen molar-refractivity contribution in [1.82, 2.24) is 0 Å². The van der Waals surface area contributed by atoms with Gasteiger partial charge in [0.25, 0.3) is 0 Å². The van der Waals surface area contributed by atoms with E-state index >= 15 is 0 Å². The van der Waals surface area contributed by atoms with E-state index in [0.717, 1.165) is 11.4 Å². The van der Waals surface area contributed by atoms with E-state index in [0.29, 0.717) is 5.92 Å². The van der Waals surface area contributed by atoms with Crippen LogP contribution in [0.2, 0.25) is 0 Å². The number of hydrogen-bond donors (Lipinski definition) is 1. The van der Waals surface area contributed by atoms with Gasteiger partial charge in [-0.1, -0.05) is 20.8 Å². The molecule has 1 amide bonds. The van der Waals surface area contributed by atoms with Crippen molar-refractivity contribution < 1.29 is 9.53 Å². The summed E-state index contributed by atoms with van der Waals surface area (Å²) in [5.74, 6) is 1.20. The number of anilines is 1. The van der Waals surface area contributed by atoms with Gasteiger partial charge in [0.1, 0.15) is 5.75 Å². The lowest BCUT2D eigenvalue weighted by Crippen LogP contribution is -2.24. The van der Waals surface area contributed by atoms with Crippen molar-refractivity contribution in [3.8, 4) is 5.75 Å². The van der Waals surface area contributed by atoms with Crippen LogP contribution in [0.25, 0.3) is 0 Å². The third kappa shape index (κ3) is 3.26. The van der Waals surface area contributed by atoms with E-state index in [-0.39, 0.29) is 11.8 Å². The van der Waals surface area contributed by atoms with E-state index in [1.807, 2.05) is 45.0 Å². The van der Waals surface area contributed by atoms with Crippen molar-refractivity contribution in [2.45, 2.75) is 20.8 Å². The van der Waals surface area contributed by atoms with E-state index in [9.17, 15) is 4.79 Å². The van der Waals surface area contributed by atoms with Crippen molar-refractivity contribution >= 4 is 11.6 Å².